The van der Waals surface area contributed by atoms with Crippen LogP contribution in [0.3, 0.4) is 0 Å². The Balaban J connectivity index is 2.25. The molecule has 0 atom stereocenters. The Morgan fingerprint density at radius 3 is 2.79 bits per heavy atom. The van der Waals surface area contributed by atoms with Crippen LogP contribution in [-0.2, 0) is 0 Å². The molecule has 1 aromatic carbocycles. The van der Waals surface area contributed by atoms with E-state index in [-0.39, 0.29) is 5.91 Å². The molecule has 0 bridgehead atoms. The van der Waals surface area contributed by atoms with Gasteiger partial charge in [0.2, 0.25) is 0 Å². The van der Waals surface area contributed by atoms with Crippen molar-refractivity contribution in [3.05, 3.63) is 50.3 Å². The second-order valence-electron chi connectivity index (χ2n) is 3.99. The molecule has 98 valence electrons. The molecule has 0 aliphatic carbocycles. The number of hydrogen-bond acceptors (Lipinski definition) is 3. The SMILES string of the molecule is Cc1cc(N)c(C(=O)Nc2ccc(Cl)cc2I)cn1. The minimum Gasteiger partial charge on any atom is -0.398 e. The standard InChI is InChI=1S/C13H11ClIN3O/c1-7-4-11(16)9(6-17-7)13(19)18-12-3-2-8(14)5-10(12)15/h2-6H,1H3,(H2,16,17)(H,18,19). The Kier molecular flexibility index (Phi) is 4.26. The van der Waals surface area contributed by atoms with Gasteiger partial charge >= 0.3 is 0 Å². The maximum Gasteiger partial charge on any atom is 0.259 e. The van der Waals surface area contributed by atoms with Gasteiger partial charge in [0, 0.05) is 26.2 Å². The van der Waals surface area contributed by atoms with Gasteiger partial charge in [-0.05, 0) is 53.8 Å². The molecule has 0 saturated heterocycles. The first kappa shape index (κ1) is 14.1. The molecule has 0 spiro atoms. The Bertz CT molecular complexity index is 646. The van der Waals surface area contributed by atoms with Crippen LogP contribution in [0.2, 0.25) is 5.02 Å². The number of rotatable bonds is 2. The van der Waals surface area contributed by atoms with Gasteiger partial charge in [0.15, 0.2) is 0 Å². The summed E-state index contributed by atoms with van der Waals surface area (Å²) in [5.74, 6) is -0.287. The molecule has 1 heterocycles. The van der Waals surface area contributed by atoms with E-state index in [4.69, 9.17) is 17.3 Å². The lowest BCUT2D eigenvalue weighted by atomic mass is 10.2. The van der Waals surface area contributed by atoms with E-state index in [1.807, 2.05) is 6.92 Å². The highest BCUT2D eigenvalue weighted by molar-refractivity contribution is 14.1. The second-order valence-corrected chi connectivity index (χ2v) is 5.59. The van der Waals surface area contributed by atoms with Crippen LogP contribution in [0, 0.1) is 10.5 Å². The van der Waals surface area contributed by atoms with E-state index in [9.17, 15) is 4.79 Å². The normalized spacial score (nSPS) is 10.3. The molecule has 1 amide bonds. The molecule has 0 aliphatic rings. The molecule has 0 unspecified atom stereocenters. The molecule has 0 fully saturated rings. The first-order chi connectivity index (χ1) is 8.97. The summed E-state index contributed by atoms with van der Waals surface area (Å²) in [6.45, 7) is 1.82. The summed E-state index contributed by atoms with van der Waals surface area (Å²) >= 11 is 7.97. The molecule has 0 saturated carbocycles. The van der Waals surface area contributed by atoms with Crippen molar-refractivity contribution in [1.29, 1.82) is 0 Å². The molecule has 19 heavy (non-hydrogen) atoms. The Labute approximate surface area is 129 Å². The second kappa shape index (κ2) is 5.75. The number of aryl methyl sites for hydroxylation is 1. The number of carbonyl (C=O) groups excluding carboxylic acids is 1. The molecule has 1 aromatic heterocycles. The molecule has 4 nitrogen and oxygen atoms in total. The smallest absolute Gasteiger partial charge is 0.259 e. The first-order valence-electron chi connectivity index (χ1n) is 5.46. The van der Waals surface area contributed by atoms with Crippen molar-refractivity contribution in [2.75, 3.05) is 11.1 Å². The average molecular weight is 388 g/mol. The van der Waals surface area contributed by atoms with Crippen molar-refractivity contribution < 1.29 is 4.79 Å². The number of benzene rings is 1. The molecule has 6 heteroatoms. The Morgan fingerprint density at radius 2 is 2.16 bits per heavy atom. The molecular formula is C13H11ClIN3O. The Hall–Kier alpha value is -1.34. The topological polar surface area (TPSA) is 68.0 Å². The number of nitrogens with zero attached hydrogens (tertiary/aromatic N) is 1. The minimum absolute atomic E-state index is 0.287. The highest BCUT2D eigenvalue weighted by atomic mass is 127. The number of pyridine rings is 1. The van der Waals surface area contributed by atoms with E-state index in [0.29, 0.717) is 22.0 Å². The van der Waals surface area contributed by atoms with E-state index in [1.54, 1.807) is 24.3 Å². The lowest BCUT2D eigenvalue weighted by molar-refractivity contribution is 0.102. The molecule has 2 aromatic rings. The fourth-order valence-corrected chi connectivity index (χ4v) is 2.56. The van der Waals surface area contributed by atoms with Crippen molar-refractivity contribution in [3.8, 4) is 0 Å². The first-order valence-corrected chi connectivity index (χ1v) is 6.91. The average Bonchev–Trinajstić information content (AvgIpc) is 2.32. The van der Waals surface area contributed by atoms with Crippen molar-refractivity contribution in [2.45, 2.75) is 6.92 Å². The van der Waals surface area contributed by atoms with Crippen LogP contribution in [0.4, 0.5) is 11.4 Å². The molecule has 3 N–H and O–H groups in total. The van der Waals surface area contributed by atoms with E-state index in [0.717, 1.165) is 9.26 Å². The summed E-state index contributed by atoms with van der Waals surface area (Å²) in [4.78, 5) is 16.2. The van der Waals surface area contributed by atoms with Crippen molar-refractivity contribution in [2.24, 2.45) is 0 Å². The number of carbonyl (C=O) groups is 1. The number of nitrogen functional groups attached to an aromatic ring is 1. The number of nitrogens with one attached hydrogen (secondary N) is 1. The highest BCUT2D eigenvalue weighted by Gasteiger charge is 2.12. The van der Waals surface area contributed by atoms with Gasteiger partial charge in [-0.15, -0.1) is 0 Å². The fraction of sp³-hybridized carbons (Fsp3) is 0.0769. The largest absolute Gasteiger partial charge is 0.398 e. The van der Waals surface area contributed by atoms with Crippen LogP contribution in [0.5, 0.6) is 0 Å². The van der Waals surface area contributed by atoms with Crippen LogP contribution in [0.15, 0.2) is 30.5 Å². The van der Waals surface area contributed by atoms with Gasteiger partial charge < -0.3 is 11.1 Å². The van der Waals surface area contributed by atoms with Crippen molar-refractivity contribution in [1.82, 2.24) is 4.98 Å². The number of halogens is 2. The summed E-state index contributed by atoms with van der Waals surface area (Å²) in [6.07, 6.45) is 1.47. The fourth-order valence-electron chi connectivity index (χ4n) is 1.55. The van der Waals surface area contributed by atoms with Gasteiger partial charge in [0.1, 0.15) is 0 Å². The maximum atomic E-state index is 12.1. The van der Waals surface area contributed by atoms with Gasteiger partial charge in [-0.2, -0.15) is 0 Å². The predicted octanol–water partition coefficient (Wildman–Crippen LogP) is 3.48. The van der Waals surface area contributed by atoms with Crippen LogP contribution in [0.1, 0.15) is 16.1 Å². The van der Waals surface area contributed by atoms with Gasteiger partial charge in [0.05, 0.1) is 11.3 Å². The predicted molar refractivity (Wildman–Crippen MR) is 85.5 cm³/mol. The minimum atomic E-state index is -0.287. The third kappa shape index (κ3) is 3.36. The zero-order valence-electron chi connectivity index (χ0n) is 10.1. The number of nitrogens with two attached hydrogens (primary N) is 1. The number of hydrogen-bond donors (Lipinski definition) is 2. The third-order valence-electron chi connectivity index (χ3n) is 2.50. The van der Waals surface area contributed by atoms with Crippen LogP contribution < -0.4 is 11.1 Å². The summed E-state index contributed by atoms with van der Waals surface area (Å²) in [7, 11) is 0. The molecule has 2 rings (SSSR count). The molecule has 0 radical (unpaired) electrons. The number of anilines is 2. The highest BCUT2D eigenvalue weighted by Crippen LogP contribution is 2.23. The van der Waals surface area contributed by atoms with Crippen LogP contribution in [0.25, 0.3) is 0 Å². The van der Waals surface area contributed by atoms with Crippen LogP contribution in [-0.4, -0.2) is 10.9 Å². The van der Waals surface area contributed by atoms with E-state index in [1.165, 1.54) is 6.20 Å². The lowest BCUT2D eigenvalue weighted by Gasteiger charge is -2.09. The monoisotopic (exact) mass is 387 g/mol. The van der Waals surface area contributed by atoms with Gasteiger partial charge in [-0.25, -0.2) is 0 Å². The zero-order chi connectivity index (χ0) is 14.0. The van der Waals surface area contributed by atoms with Gasteiger partial charge in [-0.1, -0.05) is 11.6 Å². The summed E-state index contributed by atoms with van der Waals surface area (Å²) in [6, 6.07) is 6.91. The number of amides is 1. The Morgan fingerprint density at radius 1 is 1.42 bits per heavy atom. The maximum absolute atomic E-state index is 12.1. The summed E-state index contributed by atoms with van der Waals surface area (Å²) < 4.78 is 0.858. The van der Waals surface area contributed by atoms with Crippen molar-refractivity contribution >= 4 is 51.5 Å². The number of aromatic nitrogens is 1. The van der Waals surface area contributed by atoms with Gasteiger partial charge in [-0.3, -0.25) is 9.78 Å². The van der Waals surface area contributed by atoms with E-state index >= 15 is 0 Å². The van der Waals surface area contributed by atoms with Crippen LogP contribution >= 0.6 is 34.2 Å². The zero-order valence-corrected chi connectivity index (χ0v) is 13.0. The van der Waals surface area contributed by atoms with E-state index < -0.39 is 0 Å². The quantitative estimate of drug-likeness (QED) is 0.775. The summed E-state index contributed by atoms with van der Waals surface area (Å²) in [5.41, 5.74) is 8.05. The molecular weight excluding hydrogens is 377 g/mol. The van der Waals surface area contributed by atoms with Crippen molar-refractivity contribution in [3.63, 3.8) is 0 Å². The van der Waals surface area contributed by atoms with E-state index in [2.05, 4.69) is 32.9 Å². The lowest BCUT2D eigenvalue weighted by Crippen LogP contribution is -2.15. The third-order valence-corrected chi connectivity index (χ3v) is 3.62. The van der Waals surface area contributed by atoms with Gasteiger partial charge in [0.25, 0.3) is 5.91 Å². The molecule has 0 aliphatic heterocycles. The summed E-state index contributed by atoms with van der Waals surface area (Å²) in [5, 5.41) is 3.41.